The third kappa shape index (κ3) is 5.59. The van der Waals surface area contributed by atoms with Crippen LogP contribution in [0.5, 0.6) is 11.5 Å². The number of hydrogen-bond donors (Lipinski definition) is 1. The molecule has 0 bridgehead atoms. The SMILES string of the molecule is COc1ccc(CN2CCCC2C(=O)Nc2ccc(OCC(=O)N3CCCC3)cc2)cc1. The Morgan fingerprint density at radius 2 is 1.62 bits per heavy atom. The summed E-state index contributed by atoms with van der Waals surface area (Å²) in [6.45, 7) is 3.34. The van der Waals surface area contributed by atoms with Crippen molar-refractivity contribution in [3.05, 3.63) is 54.1 Å². The van der Waals surface area contributed by atoms with E-state index in [2.05, 4.69) is 10.2 Å². The van der Waals surface area contributed by atoms with Crippen molar-refractivity contribution < 1.29 is 19.1 Å². The molecule has 0 aromatic heterocycles. The van der Waals surface area contributed by atoms with E-state index in [1.54, 1.807) is 19.2 Å². The van der Waals surface area contributed by atoms with Crippen LogP contribution in [0.4, 0.5) is 5.69 Å². The summed E-state index contributed by atoms with van der Waals surface area (Å²) in [6, 6.07) is 15.0. The normalized spacial score (nSPS) is 18.5. The fourth-order valence-corrected chi connectivity index (χ4v) is 4.34. The monoisotopic (exact) mass is 437 g/mol. The summed E-state index contributed by atoms with van der Waals surface area (Å²) in [5.41, 5.74) is 1.89. The van der Waals surface area contributed by atoms with Gasteiger partial charge in [0.25, 0.3) is 5.91 Å². The second kappa shape index (κ2) is 10.5. The molecule has 2 aromatic carbocycles. The highest BCUT2D eigenvalue weighted by atomic mass is 16.5. The molecule has 2 aromatic rings. The second-order valence-electron chi connectivity index (χ2n) is 8.37. The van der Waals surface area contributed by atoms with Crippen molar-refractivity contribution in [1.29, 1.82) is 0 Å². The molecule has 1 N–H and O–H groups in total. The Bertz CT molecular complexity index is 908. The van der Waals surface area contributed by atoms with E-state index in [1.807, 2.05) is 41.3 Å². The topological polar surface area (TPSA) is 71.1 Å². The van der Waals surface area contributed by atoms with Crippen LogP contribution in [0, 0.1) is 0 Å². The molecule has 7 heteroatoms. The van der Waals surface area contributed by atoms with Crippen molar-refractivity contribution in [3.8, 4) is 11.5 Å². The van der Waals surface area contributed by atoms with Crippen LogP contribution < -0.4 is 14.8 Å². The van der Waals surface area contributed by atoms with Gasteiger partial charge < -0.3 is 19.7 Å². The van der Waals surface area contributed by atoms with E-state index in [4.69, 9.17) is 9.47 Å². The Balaban J connectivity index is 1.28. The first kappa shape index (κ1) is 22.1. The van der Waals surface area contributed by atoms with Gasteiger partial charge in [0.1, 0.15) is 11.5 Å². The molecular weight excluding hydrogens is 406 g/mol. The van der Waals surface area contributed by atoms with Crippen molar-refractivity contribution in [2.75, 3.05) is 38.7 Å². The number of likely N-dealkylation sites (tertiary alicyclic amines) is 2. The number of amides is 2. The number of nitrogens with zero attached hydrogens (tertiary/aromatic N) is 2. The van der Waals surface area contributed by atoms with E-state index in [-0.39, 0.29) is 24.5 Å². The number of hydrogen-bond acceptors (Lipinski definition) is 5. The van der Waals surface area contributed by atoms with E-state index in [0.717, 1.165) is 68.9 Å². The van der Waals surface area contributed by atoms with Crippen molar-refractivity contribution in [2.45, 2.75) is 38.3 Å². The van der Waals surface area contributed by atoms with Crippen LogP contribution in [-0.2, 0) is 16.1 Å². The summed E-state index contributed by atoms with van der Waals surface area (Å²) in [5, 5.41) is 3.02. The van der Waals surface area contributed by atoms with E-state index in [9.17, 15) is 9.59 Å². The molecule has 2 heterocycles. The predicted molar refractivity (Wildman–Crippen MR) is 123 cm³/mol. The second-order valence-corrected chi connectivity index (χ2v) is 8.37. The molecule has 2 aliphatic heterocycles. The lowest BCUT2D eigenvalue weighted by atomic mass is 10.1. The number of carbonyl (C=O) groups is 2. The Morgan fingerprint density at radius 1 is 0.938 bits per heavy atom. The summed E-state index contributed by atoms with van der Waals surface area (Å²) in [5.74, 6) is 1.49. The Hall–Kier alpha value is -3.06. The van der Waals surface area contributed by atoms with Crippen LogP contribution in [0.1, 0.15) is 31.2 Å². The molecule has 2 fully saturated rings. The largest absolute Gasteiger partial charge is 0.497 e. The third-order valence-corrected chi connectivity index (χ3v) is 6.15. The van der Waals surface area contributed by atoms with E-state index < -0.39 is 0 Å². The van der Waals surface area contributed by atoms with Crippen LogP contribution in [0.2, 0.25) is 0 Å². The molecule has 0 spiro atoms. The maximum Gasteiger partial charge on any atom is 0.260 e. The minimum atomic E-state index is -0.147. The van der Waals surface area contributed by atoms with Crippen LogP contribution in [0.25, 0.3) is 0 Å². The summed E-state index contributed by atoms with van der Waals surface area (Å²) in [6.07, 6.45) is 3.99. The number of rotatable bonds is 8. The predicted octanol–water partition coefficient (Wildman–Crippen LogP) is 3.30. The zero-order chi connectivity index (χ0) is 22.3. The standard InChI is InChI=1S/C25H31N3O4/c1-31-21-10-6-19(7-11-21)17-28-16-4-5-23(28)25(30)26-20-8-12-22(13-9-20)32-18-24(29)27-14-2-3-15-27/h6-13,23H,2-5,14-18H2,1H3,(H,26,30). The first-order chi connectivity index (χ1) is 15.6. The molecule has 2 aliphatic rings. The molecule has 0 radical (unpaired) electrons. The average molecular weight is 438 g/mol. The third-order valence-electron chi connectivity index (χ3n) is 6.15. The van der Waals surface area contributed by atoms with Crippen LogP contribution in [0.3, 0.4) is 0 Å². The zero-order valence-corrected chi connectivity index (χ0v) is 18.6. The van der Waals surface area contributed by atoms with Crippen molar-refractivity contribution in [1.82, 2.24) is 9.80 Å². The Kier molecular flexibility index (Phi) is 7.27. The van der Waals surface area contributed by atoms with Crippen molar-refractivity contribution >= 4 is 17.5 Å². The van der Waals surface area contributed by atoms with Crippen molar-refractivity contribution in [2.24, 2.45) is 0 Å². The van der Waals surface area contributed by atoms with Gasteiger partial charge in [0.15, 0.2) is 6.61 Å². The molecule has 0 aliphatic carbocycles. The highest BCUT2D eigenvalue weighted by molar-refractivity contribution is 5.95. The molecule has 2 saturated heterocycles. The summed E-state index contributed by atoms with van der Waals surface area (Å²) in [7, 11) is 1.66. The number of benzene rings is 2. The Morgan fingerprint density at radius 3 is 2.31 bits per heavy atom. The summed E-state index contributed by atoms with van der Waals surface area (Å²) < 4.78 is 10.8. The number of ether oxygens (including phenoxy) is 2. The maximum absolute atomic E-state index is 12.9. The van der Waals surface area contributed by atoms with Gasteiger partial charge in [0.05, 0.1) is 13.2 Å². The van der Waals surface area contributed by atoms with Gasteiger partial charge in [-0.25, -0.2) is 0 Å². The first-order valence-corrected chi connectivity index (χ1v) is 11.3. The van der Waals surface area contributed by atoms with E-state index >= 15 is 0 Å². The van der Waals surface area contributed by atoms with Gasteiger partial charge in [-0.05, 0) is 74.2 Å². The molecular formula is C25H31N3O4. The lowest BCUT2D eigenvalue weighted by molar-refractivity contribution is -0.132. The highest BCUT2D eigenvalue weighted by Crippen LogP contribution is 2.23. The number of nitrogens with one attached hydrogen (secondary N) is 1. The molecule has 0 saturated carbocycles. The number of anilines is 1. The smallest absolute Gasteiger partial charge is 0.260 e. The lowest BCUT2D eigenvalue weighted by Crippen LogP contribution is -2.39. The van der Waals surface area contributed by atoms with Gasteiger partial charge >= 0.3 is 0 Å². The number of methoxy groups -OCH3 is 1. The average Bonchev–Trinajstić information content (AvgIpc) is 3.51. The minimum Gasteiger partial charge on any atom is -0.497 e. The van der Waals surface area contributed by atoms with Gasteiger partial charge in [0, 0.05) is 25.3 Å². The van der Waals surface area contributed by atoms with E-state index in [0.29, 0.717) is 5.75 Å². The molecule has 1 unspecified atom stereocenters. The Labute approximate surface area is 189 Å². The van der Waals surface area contributed by atoms with Gasteiger partial charge in [-0.3, -0.25) is 14.5 Å². The van der Waals surface area contributed by atoms with E-state index in [1.165, 1.54) is 0 Å². The lowest BCUT2D eigenvalue weighted by Gasteiger charge is -2.24. The van der Waals surface area contributed by atoms with Crippen LogP contribution in [-0.4, -0.2) is 61.0 Å². The fraction of sp³-hybridized carbons (Fsp3) is 0.440. The minimum absolute atomic E-state index is 0.00823. The van der Waals surface area contributed by atoms with Gasteiger partial charge in [-0.15, -0.1) is 0 Å². The zero-order valence-electron chi connectivity index (χ0n) is 18.6. The molecule has 7 nitrogen and oxygen atoms in total. The van der Waals surface area contributed by atoms with Crippen molar-refractivity contribution in [3.63, 3.8) is 0 Å². The van der Waals surface area contributed by atoms with Gasteiger partial charge in [-0.2, -0.15) is 0 Å². The maximum atomic E-state index is 12.9. The molecule has 32 heavy (non-hydrogen) atoms. The quantitative estimate of drug-likeness (QED) is 0.686. The molecule has 2 amide bonds. The van der Waals surface area contributed by atoms with Crippen LogP contribution in [0.15, 0.2) is 48.5 Å². The van der Waals surface area contributed by atoms with Gasteiger partial charge in [0.2, 0.25) is 5.91 Å². The number of carbonyl (C=O) groups excluding carboxylic acids is 2. The molecule has 1 atom stereocenters. The molecule has 4 rings (SSSR count). The fourth-order valence-electron chi connectivity index (χ4n) is 4.34. The van der Waals surface area contributed by atoms with Gasteiger partial charge in [-0.1, -0.05) is 12.1 Å². The molecule has 170 valence electrons. The summed E-state index contributed by atoms with van der Waals surface area (Å²) in [4.78, 5) is 29.1. The highest BCUT2D eigenvalue weighted by Gasteiger charge is 2.30. The summed E-state index contributed by atoms with van der Waals surface area (Å²) >= 11 is 0. The first-order valence-electron chi connectivity index (χ1n) is 11.3. The van der Waals surface area contributed by atoms with Crippen LogP contribution >= 0.6 is 0 Å².